The third-order valence-electron chi connectivity index (χ3n) is 10.1. The van der Waals surface area contributed by atoms with Crippen molar-refractivity contribution in [1.29, 1.82) is 0 Å². The molecule has 0 bridgehead atoms. The minimum Gasteiger partial charge on any atom is -0.497 e. The van der Waals surface area contributed by atoms with E-state index in [9.17, 15) is 0 Å². The van der Waals surface area contributed by atoms with E-state index in [1.165, 1.54) is 22.3 Å². The molecular formula is C44H30N6OPt. The second-order valence-electron chi connectivity index (χ2n) is 13.2. The molecule has 0 unspecified atom stereocenters. The van der Waals surface area contributed by atoms with Crippen molar-refractivity contribution in [3.05, 3.63) is 144 Å². The van der Waals surface area contributed by atoms with Gasteiger partial charge in [0.25, 0.3) is 0 Å². The largest absolute Gasteiger partial charge is 2.00 e. The maximum atomic E-state index is 6.51. The number of aryl methyl sites for hydroxylation is 4. The van der Waals surface area contributed by atoms with Gasteiger partial charge >= 0.3 is 21.1 Å². The van der Waals surface area contributed by atoms with Crippen LogP contribution in [0.3, 0.4) is 0 Å². The number of hydrogen-bond donors (Lipinski definition) is 0. The fraction of sp³-hybridized carbons (Fsp3) is 0.0909. The van der Waals surface area contributed by atoms with Crippen LogP contribution in [0.25, 0.3) is 77.4 Å². The summed E-state index contributed by atoms with van der Waals surface area (Å²) in [7, 11) is 0. The molecule has 0 aliphatic rings. The third-order valence-corrected chi connectivity index (χ3v) is 10.1. The number of aromatic nitrogens is 6. The molecule has 0 atom stereocenters. The van der Waals surface area contributed by atoms with Crippen molar-refractivity contribution in [1.82, 2.24) is 28.7 Å². The molecule has 8 heteroatoms. The number of pyridine rings is 4. The van der Waals surface area contributed by atoms with E-state index in [-0.39, 0.29) is 21.1 Å². The molecule has 10 aromatic rings. The molecule has 0 aliphatic carbocycles. The fourth-order valence-electron chi connectivity index (χ4n) is 7.77. The molecule has 0 amide bonds. The SMILES string of the molecule is Cc1cccc(C)c1-c1ccc2c3ccc(Oc4[c-]c5c(cc4)c4cccnc4n4ccnc54)[c-]c3c3ncc(-c4c(C)cccc4C)n3c2n1.[Pt+2]. The van der Waals surface area contributed by atoms with Gasteiger partial charge in [0.05, 0.1) is 22.7 Å². The Morgan fingerprint density at radius 1 is 0.538 bits per heavy atom. The standard InChI is InChI=1S/C44H30N6O.Pt/c1-25-8-5-9-26(2)39(25)37-18-17-34-32-16-14-30(23-36(32)43-47-24-38(50(43)44(34)48-37)40-27(3)10-6-11-28(40)4)51-29-13-15-31-33-12-7-19-45-41(33)49-21-20-46-42(49)35(31)22-29;/h5-21,24H,1-4H3;/q-2;+2. The van der Waals surface area contributed by atoms with Gasteiger partial charge in [-0.15, -0.1) is 12.1 Å². The van der Waals surface area contributed by atoms with Crippen molar-refractivity contribution < 1.29 is 25.8 Å². The molecule has 0 radical (unpaired) electrons. The Labute approximate surface area is 313 Å². The van der Waals surface area contributed by atoms with Crippen LogP contribution in [0.15, 0.2) is 110 Å². The summed E-state index contributed by atoms with van der Waals surface area (Å²) >= 11 is 0. The van der Waals surface area contributed by atoms with Gasteiger partial charge in [-0.25, -0.2) is 9.97 Å². The first-order chi connectivity index (χ1) is 24.9. The predicted octanol–water partition coefficient (Wildman–Crippen LogP) is 10.3. The van der Waals surface area contributed by atoms with Crippen LogP contribution in [0.5, 0.6) is 11.5 Å². The van der Waals surface area contributed by atoms with Crippen molar-refractivity contribution in [3.8, 4) is 34.0 Å². The summed E-state index contributed by atoms with van der Waals surface area (Å²) in [5.41, 5.74) is 12.2. The van der Waals surface area contributed by atoms with Gasteiger partial charge < -0.3 is 13.5 Å². The zero-order valence-corrected chi connectivity index (χ0v) is 31.1. The van der Waals surface area contributed by atoms with Crippen molar-refractivity contribution in [3.63, 3.8) is 0 Å². The molecule has 0 N–H and O–H groups in total. The maximum Gasteiger partial charge on any atom is 2.00 e. The Morgan fingerprint density at radius 2 is 1.13 bits per heavy atom. The van der Waals surface area contributed by atoms with Gasteiger partial charge in [-0.1, -0.05) is 94.3 Å². The summed E-state index contributed by atoms with van der Waals surface area (Å²) in [5.74, 6) is 1.14. The van der Waals surface area contributed by atoms with Crippen LogP contribution in [-0.4, -0.2) is 28.7 Å². The van der Waals surface area contributed by atoms with E-state index >= 15 is 0 Å². The van der Waals surface area contributed by atoms with E-state index in [1.807, 2.05) is 35.0 Å². The quantitative estimate of drug-likeness (QED) is 0.130. The van der Waals surface area contributed by atoms with E-state index in [4.69, 9.17) is 14.7 Å². The Kier molecular flexibility index (Phi) is 7.46. The van der Waals surface area contributed by atoms with Crippen LogP contribution in [0.4, 0.5) is 0 Å². The first kappa shape index (κ1) is 32.0. The van der Waals surface area contributed by atoms with Crippen LogP contribution < -0.4 is 4.74 Å². The Hall–Kier alpha value is -5.91. The van der Waals surface area contributed by atoms with Gasteiger partial charge in [0.1, 0.15) is 11.3 Å². The van der Waals surface area contributed by atoms with Crippen LogP contribution in [-0.2, 0) is 21.1 Å². The summed E-state index contributed by atoms with van der Waals surface area (Å²) < 4.78 is 10.7. The number of nitrogens with zero attached hydrogens (tertiary/aromatic N) is 6. The second-order valence-corrected chi connectivity index (χ2v) is 13.2. The number of hydrogen-bond acceptors (Lipinski definition) is 5. The average Bonchev–Trinajstić information content (AvgIpc) is 3.81. The molecule has 0 saturated heterocycles. The van der Waals surface area contributed by atoms with Gasteiger partial charge in [-0.2, -0.15) is 0 Å². The van der Waals surface area contributed by atoms with Crippen molar-refractivity contribution in [2.24, 2.45) is 0 Å². The Balaban J connectivity index is 0.00000360. The predicted molar refractivity (Wildman–Crippen MR) is 204 cm³/mol. The van der Waals surface area contributed by atoms with Gasteiger partial charge in [0, 0.05) is 47.4 Å². The molecular weight excluding hydrogens is 824 g/mol. The summed E-state index contributed by atoms with van der Waals surface area (Å²) in [6.07, 6.45) is 7.48. The Morgan fingerprint density at radius 3 is 1.83 bits per heavy atom. The molecule has 7 nitrogen and oxygen atoms in total. The van der Waals surface area contributed by atoms with Crippen LogP contribution in [0.1, 0.15) is 22.3 Å². The van der Waals surface area contributed by atoms with Crippen molar-refractivity contribution in [2.75, 3.05) is 0 Å². The van der Waals surface area contributed by atoms with E-state index in [2.05, 4.69) is 121 Å². The molecule has 6 heterocycles. The first-order valence-electron chi connectivity index (χ1n) is 17.0. The fourth-order valence-corrected chi connectivity index (χ4v) is 7.77. The third kappa shape index (κ3) is 4.76. The number of ether oxygens (including phenoxy) is 1. The smallest absolute Gasteiger partial charge is 0.497 e. The van der Waals surface area contributed by atoms with Gasteiger partial charge in [-0.3, -0.25) is 9.97 Å². The van der Waals surface area contributed by atoms with E-state index in [1.54, 1.807) is 12.4 Å². The first-order valence-corrected chi connectivity index (χ1v) is 17.0. The van der Waals surface area contributed by atoms with Crippen LogP contribution >= 0.6 is 0 Å². The van der Waals surface area contributed by atoms with Crippen molar-refractivity contribution >= 4 is 54.9 Å². The van der Waals surface area contributed by atoms with E-state index in [0.29, 0.717) is 11.5 Å². The molecule has 0 saturated carbocycles. The number of rotatable bonds is 4. The molecule has 4 aromatic carbocycles. The zero-order chi connectivity index (χ0) is 34.4. The summed E-state index contributed by atoms with van der Waals surface area (Å²) in [5, 5.41) is 5.78. The topological polar surface area (TPSA) is 69.6 Å². The molecule has 0 fully saturated rings. The molecule has 10 rings (SSSR count). The minimum absolute atomic E-state index is 0. The monoisotopic (exact) mass is 853 g/mol. The summed E-state index contributed by atoms with van der Waals surface area (Å²) in [4.78, 5) is 19.7. The van der Waals surface area contributed by atoms with E-state index in [0.717, 1.165) is 77.4 Å². The molecule has 252 valence electrons. The number of imidazole rings is 2. The minimum atomic E-state index is 0. The number of fused-ring (bicyclic) bond motifs is 12. The normalized spacial score (nSPS) is 11.7. The molecule has 52 heavy (non-hydrogen) atoms. The van der Waals surface area contributed by atoms with Crippen LogP contribution in [0, 0.1) is 39.8 Å². The summed E-state index contributed by atoms with van der Waals surface area (Å²) in [6, 6.07) is 36.2. The van der Waals surface area contributed by atoms with Gasteiger partial charge in [0.15, 0.2) is 0 Å². The van der Waals surface area contributed by atoms with E-state index < -0.39 is 0 Å². The zero-order valence-electron chi connectivity index (χ0n) is 28.8. The molecule has 6 aromatic heterocycles. The molecule has 0 aliphatic heterocycles. The molecule has 0 spiro atoms. The van der Waals surface area contributed by atoms with Gasteiger partial charge in [0.2, 0.25) is 0 Å². The number of benzene rings is 4. The van der Waals surface area contributed by atoms with Gasteiger partial charge in [-0.05, 0) is 72.9 Å². The average molecular weight is 854 g/mol. The van der Waals surface area contributed by atoms with Crippen molar-refractivity contribution in [2.45, 2.75) is 27.7 Å². The second kappa shape index (κ2) is 12.1. The summed E-state index contributed by atoms with van der Waals surface area (Å²) in [6.45, 7) is 8.58. The van der Waals surface area contributed by atoms with Crippen LogP contribution in [0.2, 0.25) is 0 Å². The Bertz CT molecular complexity index is 3030. The maximum absolute atomic E-state index is 6.51.